The van der Waals surface area contributed by atoms with Crippen molar-refractivity contribution in [3.05, 3.63) is 0 Å². The van der Waals surface area contributed by atoms with Gasteiger partial charge in [0.1, 0.15) is 0 Å². The Morgan fingerprint density at radius 2 is 2.30 bits per heavy atom. The molecule has 1 unspecified atom stereocenters. The van der Waals surface area contributed by atoms with Crippen LogP contribution in [-0.2, 0) is 9.68 Å². The van der Waals surface area contributed by atoms with Crippen LogP contribution in [0.15, 0.2) is 0 Å². The number of carbonyl (C=O) groups is 1. The highest BCUT2D eigenvalue weighted by molar-refractivity contribution is 5.71. The van der Waals surface area contributed by atoms with Crippen LogP contribution >= 0.6 is 0 Å². The first-order chi connectivity index (χ1) is 4.76. The quantitative estimate of drug-likeness (QED) is 0.447. The summed E-state index contributed by atoms with van der Waals surface area (Å²) in [6, 6.07) is 0. The number of rotatable bonds is 4. The maximum atomic E-state index is 10.5. The summed E-state index contributed by atoms with van der Waals surface area (Å²) < 4.78 is 0. The molecule has 4 nitrogen and oxygen atoms in total. The van der Waals surface area contributed by atoms with Crippen molar-refractivity contribution in [2.75, 3.05) is 6.61 Å². The molecule has 0 aliphatic carbocycles. The van der Waals surface area contributed by atoms with Crippen LogP contribution in [0.4, 0.5) is 0 Å². The highest BCUT2D eigenvalue weighted by Crippen LogP contribution is 2.08. The predicted octanol–water partition coefficient (Wildman–Crippen LogP) is 0.411. The van der Waals surface area contributed by atoms with E-state index in [1.807, 2.05) is 0 Å². The van der Waals surface area contributed by atoms with E-state index in [2.05, 4.69) is 4.89 Å². The van der Waals surface area contributed by atoms with Crippen molar-refractivity contribution in [2.45, 2.75) is 19.8 Å². The molecular weight excluding hydrogens is 136 g/mol. The van der Waals surface area contributed by atoms with E-state index in [9.17, 15) is 4.79 Å². The molecule has 2 N–H and O–H groups in total. The molecule has 0 bridgehead atoms. The Morgan fingerprint density at radius 1 is 1.70 bits per heavy atom. The topological polar surface area (TPSA) is 66.8 Å². The third-order valence-corrected chi connectivity index (χ3v) is 1.39. The number of hydrogen-bond donors (Lipinski definition) is 2. The lowest BCUT2D eigenvalue weighted by Gasteiger charge is -2.07. The fourth-order valence-electron chi connectivity index (χ4n) is 0.719. The van der Waals surface area contributed by atoms with Crippen LogP contribution in [0.1, 0.15) is 19.8 Å². The Bertz CT molecular complexity index is 102. The normalized spacial score (nSPS) is 12.7. The summed E-state index contributed by atoms with van der Waals surface area (Å²) in [6.45, 7) is 1.73. The Balaban J connectivity index is 3.68. The molecule has 0 saturated heterocycles. The molecule has 0 aromatic heterocycles. The highest BCUT2D eigenvalue weighted by atomic mass is 17.1. The Morgan fingerprint density at radius 3 is 2.60 bits per heavy atom. The molecule has 0 saturated carbocycles. The molecule has 0 radical (unpaired) electrons. The van der Waals surface area contributed by atoms with Gasteiger partial charge in [-0.2, -0.15) is 5.26 Å². The predicted molar refractivity (Wildman–Crippen MR) is 34.2 cm³/mol. The number of hydrogen-bond acceptors (Lipinski definition) is 4. The largest absolute Gasteiger partial charge is 0.396 e. The van der Waals surface area contributed by atoms with Crippen LogP contribution in [0.2, 0.25) is 0 Å². The summed E-state index contributed by atoms with van der Waals surface area (Å²) in [4.78, 5) is 14.1. The van der Waals surface area contributed by atoms with Gasteiger partial charge in [0.25, 0.3) is 0 Å². The SMILES string of the molecule is CCC(CCO)C(=O)OO. The molecule has 0 amide bonds. The van der Waals surface area contributed by atoms with E-state index in [0.717, 1.165) is 0 Å². The molecule has 0 aromatic carbocycles. The van der Waals surface area contributed by atoms with E-state index >= 15 is 0 Å². The van der Waals surface area contributed by atoms with E-state index < -0.39 is 5.97 Å². The molecule has 0 spiro atoms. The van der Waals surface area contributed by atoms with Gasteiger partial charge in [-0.25, -0.2) is 4.79 Å². The van der Waals surface area contributed by atoms with Crippen LogP contribution in [0.3, 0.4) is 0 Å². The minimum Gasteiger partial charge on any atom is -0.396 e. The summed E-state index contributed by atoms with van der Waals surface area (Å²) in [5.74, 6) is -1.05. The van der Waals surface area contributed by atoms with Gasteiger partial charge in [-0.3, -0.25) is 0 Å². The first-order valence-corrected chi connectivity index (χ1v) is 3.22. The van der Waals surface area contributed by atoms with E-state index in [1.165, 1.54) is 0 Å². The highest BCUT2D eigenvalue weighted by Gasteiger charge is 2.16. The van der Waals surface area contributed by atoms with E-state index in [1.54, 1.807) is 6.92 Å². The summed E-state index contributed by atoms with van der Waals surface area (Å²) in [5, 5.41) is 16.4. The van der Waals surface area contributed by atoms with Crippen LogP contribution in [0, 0.1) is 5.92 Å². The average molecular weight is 148 g/mol. The van der Waals surface area contributed by atoms with Gasteiger partial charge in [0, 0.05) is 6.61 Å². The first-order valence-electron chi connectivity index (χ1n) is 3.22. The van der Waals surface area contributed by atoms with Gasteiger partial charge in [-0.15, -0.1) is 0 Å². The summed E-state index contributed by atoms with van der Waals surface area (Å²) in [7, 11) is 0. The van der Waals surface area contributed by atoms with E-state index in [4.69, 9.17) is 10.4 Å². The second-order valence-corrected chi connectivity index (χ2v) is 2.03. The molecule has 0 rings (SSSR count). The maximum Gasteiger partial charge on any atom is 0.345 e. The van der Waals surface area contributed by atoms with Gasteiger partial charge in [0.15, 0.2) is 0 Å². The monoisotopic (exact) mass is 148 g/mol. The molecule has 1 atom stereocenters. The van der Waals surface area contributed by atoms with Gasteiger partial charge in [-0.05, 0) is 12.8 Å². The molecule has 4 heteroatoms. The van der Waals surface area contributed by atoms with Crippen molar-refractivity contribution in [3.8, 4) is 0 Å². The van der Waals surface area contributed by atoms with E-state index in [-0.39, 0.29) is 12.5 Å². The lowest BCUT2D eigenvalue weighted by Crippen LogP contribution is -2.16. The molecule has 0 aromatic rings. The fraction of sp³-hybridized carbons (Fsp3) is 0.833. The maximum absolute atomic E-state index is 10.5. The molecular formula is C6H12O4. The number of carbonyl (C=O) groups excluding carboxylic acids is 1. The smallest absolute Gasteiger partial charge is 0.345 e. The van der Waals surface area contributed by atoms with Gasteiger partial charge < -0.3 is 9.99 Å². The number of aliphatic hydroxyl groups excluding tert-OH is 1. The van der Waals surface area contributed by atoms with Crippen LogP contribution < -0.4 is 0 Å². The van der Waals surface area contributed by atoms with Crippen LogP contribution in [0.5, 0.6) is 0 Å². The molecule has 0 aliphatic heterocycles. The fourth-order valence-corrected chi connectivity index (χ4v) is 0.719. The third kappa shape index (κ3) is 2.80. The summed E-state index contributed by atoms with van der Waals surface area (Å²) in [6.07, 6.45) is 0.913. The summed E-state index contributed by atoms with van der Waals surface area (Å²) in [5.41, 5.74) is 0. The standard InChI is InChI=1S/C6H12O4/c1-2-5(3-4-7)6(8)10-9/h5,7,9H,2-4H2,1H3. The molecule has 0 aliphatic rings. The zero-order chi connectivity index (χ0) is 7.98. The Kier molecular flexibility index (Phi) is 4.88. The third-order valence-electron chi connectivity index (χ3n) is 1.39. The average Bonchev–Trinajstić information content (AvgIpc) is 1.99. The zero-order valence-electron chi connectivity index (χ0n) is 5.91. The second-order valence-electron chi connectivity index (χ2n) is 2.03. The van der Waals surface area contributed by atoms with Gasteiger partial charge in [0.2, 0.25) is 0 Å². The van der Waals surface area contributed by atoms with Crippen LogP contribution in [0.25, 0.3) is 0 Å². The van der Waals surface area contributed by atoms with Crippen LogP contribution in [-0.4, -0.2) is 22.9 Å². The van der Waals surface area contributed by atoms with Gasteiger partial charge in [-0.1, -0.05) is 6.92 Å². The molecule has 10 heavy (non-hydrogen) atoms. The van der Waals surface area contributed by atoms with Gasteiger partial charge in [0.05, 0.1) is 5.92 Å². The zero-order valence-corrected chi connectivity index (χ0v) is 5.91. The minimum atomic E-state index is -0.670. The second kappa shape index (κ2) is 5.20. The van der Waals surface area contributed by atoms with Gasteiger partial charge >= 0.3 is 5.97 Å². The minimum absolute atomic E-state index is 0.0619. The molecule has 0 fully saturated rings. The lowest BCUT2D eigenvalue weighted by atomic mass is 10.0. The first kappa shape index (κ1) is 9.39. The molecule has 60 valence electrons. The van der Waals surface area contributed by atoms with Crippen molar-refractivity contribution in [2.24, 2.45) is 5.92 Å². The lowest BCUT2D eigenvalue weighted by molar-refractivity contribution is -0.239. The van der Waals surface area contributed by atoms with Crippen molar-refractivity contribution >= 4 is 5.97 Å². The van der Waals surface area contributed by atoms with Crippen molar-refractivity contribution in [1.29, 1.82) is 0 Å². The van der Waals surface area contributed by atoms with Crippen molar-refractivity contribution in [1.82, 2.24) is 0 Å². The van der Waals surface area contributed by atoms with Crippen molar-refractivity contribution in [3.63, 3.8) is 0 Å². The summed E-state index contributed by atoms with van der Waals surface area (Å²) >= 11 is 0. The van der Waals surface area contributed by atoms with E-state index in [0.29, 0.717) is 12.8 Å². The molecule has 0 heterocycles. The number of aliphatic hydroxyl groups is 1. The Hall–Kier alpha value is -0.610. The van der Waals surface area contributed by atoms with Crippen molar-refractivity contribution < 1.29 is 20.0 Å². The Labute approximate surface area is 59.4 Å².